The summed E-state index contributed by atoms with van der Waals surface area (Å²) in [6, 6.07) is 2.13. The number of halogens is 1. The third kappa shape index (κ3) is 4.01. The van der Waals surface area contributed by atoms with Gasteiger partial charge in [-0.2, -0.15) is 0 Å². The van der Waals surface area contributed by atoms with E-state index in [1.807, 2.05) is 20.2 Å². The highest BCUT2D eigenvalue weighted by molar-refractivity contribution is 9.11. The van der Waals surface area contributed by atoms with Gasteiger partial charge >= 0.3 is 0 Å². The zero-order chi connectivity index (χ0) is 14.5. The number of hydrogen-bond acceptors (Lipinski definition) is 5. The second-order valence-corrected chi connectivity index (χ2v) is 6.97. The van der Waals surface area contributed by atoms with Crippen LogP contribution in [0.4, 0.5) is 5.95 Å². The first-order valence-corrected chi connectivity index (χ1v) is 8.24. The maximum Gasteiger partial charge on any atom is 0.225 e. The van der Waals surface area contributed by atoms with Crippen molar-refractivity contribution in [2.75, 3.05) is 18.5 Å². The molecule has 0 aromatic carbocycles. The van der Waals surface area contributed by atoms with Crippen LogP contribution in [0.2, 0.25) is 0 Å². The Balaban J connectivity index is 2.06. The number of thiophene rings is 1. The predicted octanol–water partition coefficient (Wildman–Crippen LogP) is 3.35. The van der Waals surface area contributed by atoms with E-state index in [-0.39, 0.29) is 0 Å². The van der Waals surface area contributed by atoms with E-state index in [1.54, 1.807) is 11.3 Å². The lowest BCUT2D eigenvalue weighted by molar-refractivity contribution is 0.713. The van der Waals surface area contributed by atoms with Gasteiger partial charge in [0, 0.05) is 37.6 Å². The lowest BCUT2D eigenvalue weighted by Gasteiger charge is -2.17. The molecule has 0 amide bonds. The molecule has 0 saturated carbocycles. The van der Waals surface area contributed by atoms with Crippen LogP contribution in [0.1, 0.15) is 23.7 Å². The molecular weight excluding hydrogens is 336 g/mol. The fourth-order valence-electron chi connectivity index (χ4n) is 1.87. The average molecular weight is 355 g/mol. The summed E-state index contributed by atoms with van der Waals surface area (Å²) in [4.78, 5) is 11.1. The van der Waals surface area contributed by atoms with Crippen molar-refractivity contribution in [2.24, 2.45) is 0 Å². The molecule has 4 nitrogen and oxygen atoms in total. The summed E-state index contributed by atoms with van der Waals surface area (Å²) in [7, 11) is 2.02. The number of hydrogen-bond donors (Lipinski definition) is 1. The number of nitrogens with one attached hydrogen (secondary N) is 1. The Morgan fingerprint density at radius 1 is 1.45 bits per heavy atom. The minimum atomic E-state index is 0.769. The third-order valence-corrected chi connectivity index (χ3v) is 4.57. The molecule has 0 bridgehead atoms. The SMILES string of the molecule is CCNCc1cnc(N(C)Cc2csc(Br)c2)nc1C. The summed E-state index contributed by atoms with van der Waals surface area (Å²) in [5.74, 6) is 0.769. The monoisotopic (exact) mass is 354 g/mol. The van der Waals surface area contributed by atoms with Crippen molar-refractivity contribution in [3.8, 4) is 0 Å². The summed E-state index contributed by atoms with van der Waals surface area (Å²) < 4.78 is 1.15. The summed E-state index contributed by atoms with van der Waals surface area (Å²) in [5, 5.41) is 5.45. The Morgan fingerprint density at radius 2 is 2.25 bits per heavy atom. The Bertz CT molecular complexity index is 570. The third-order valence-electron chi connectivity index (χ3n) is 3.02. The van der Waals surface area contributed by atoms with Crippen LogP contribution in [0, 0.1) is 6.92 Å². The minimum Gasteiger partial charge on any atom is -0.340 e. The molecule has 0 radical (unpaired) electrons. The lowest BCUT2D eigenvalue weighted by Crippen LogP contribution is -2.20. The van der Waals surface area contributed by atoms with Gasteiger partial charge in [-0.1, -0.05) is 6.92 Å². The van der Waals surface area contributed by atoms with Gasteiger partial charge in [0.25, 0.3) is 0 Å². The van der Waals surface area contributed by atoms with Crippen LogP contribution in [0.3, 0.4) is 0 Å². The highest BCUT2D eigenvalue weighted by Crippen LogP contribution is 2.22. The fraction of sp³-hybridized carbons (Fsp3) is 0.429. The molecule has 0 aliphatic heterocycles. The van der Waals surface area contributed by atoms with Crippen LogP contribution in [0.5, 0.6) is 0 Å². The van der Waals surface area contributed by atoms with E-state index in [2.05, 4.69) is 54.5 Å². The molecule has 0 aliphatic rings. The van der Waals surface area contributed by atoms with Gasteiger partial charge in [-0.3, -0.25) is 0 Å². The van der Waals surface area contributed by atoms with Gasteiger partial charge in [0.1, 0.15) is 0 Å². The molecule has 2 heterocycles. The summed E-state index contributed by atoms with van der Waals surface area (Å²) in [6.07, 6.45) is 1.92. The van der Waals surface area contributed by atoms with E-state index >= 15 is 0 Å². The molecule has 0 saturated heterocycles. The van der Waals surface area contributed by atoms with E-state index in [0.29, 0.717) is 0 Å². The van der Waals surface area contributed by atoms with Gasteiger partial charge in [-0.25, -0.2) is 9.97 Å². The molecule has 20 heavy (non-hydrogen) atoms. The van der Waals surface area contributed by atoms with Gasteiger partial charge in [-0.05, 0) is 46.4 Å². The zero-order valence-corrected chi connectivity index (χ0v) is 14.4. The topological polar surface area (TPSA) is 41.1 Å². The number of aromatic nitrogens is 2. The second-order valence-electron chi connectivity index (χ2n) is 4.68. The van der Waals surface area contributed by atoms with Gasteiger partial charge in [-0.15, -0.1) is 11.3 Å². The molecule has 0 aliphatic carbocycles. The van der Waals surface area contributed by atoms with Crippen molar-refractivity contribution in [1.29, 1.82) is 0 Å². The molecule has 6 heteroatoms. The van der Waals surface area contributed by atoms with E-state index in [9.17, 15) is 0 Å². The highest BCUT2D eigenvalue weighted by Gasteiger charge is 2.09. The number of anilines is 1. The molecule has 1 N–H and O–H groups in total. The first-order chi connectivity index (χ1) is 9.60. The minimum absolute atomic E-state index is 0.769. The van der Waals surface area contributed by atoms with E-state index in [4.69, 9.17) is 0 Å². The number of nitrogens with zero attached hydrogens (tertiary/aromatic N) is 3. The van der Waals surface area contributed by atoms with Crippen LogP contribution >= 0.6 is 27.3 Å². The molecule has 2 aromatic heterocycles. The van der Waals surface area contributed by atoms with Gasteiger partial charge in [0.15, 0.2) is 0 Å². The first kappa shape index (κ1) is 15.4. The zero-order valence-electron chi connectivity index (χ0n) is 12.0. The van der Waals surface area contributed by atoms with Crippen molar-refractivity contribution >= 4 is 33.2 Å². The fourth-order valence-corrected chi connectivity index (χ4v) is 3.07. The Morgan fingerprint density at radius 3 is 2.85 bits per heavy atom. The van der Waals surface area contributed by atoms with Crippen molar-refractivity contribution in [3.63, 3.8) is 0 Å². The maximum absolute atomic E-state index is 4.60. The van der Waals surface area contributed by atoms with Crippen molar-refractivity contribution in [2.45, 2.75) is 26.9 Å². The standard InChI is InChI=1S/C14H19BrN4S/c1-4-16-6-12-7-17-14(18-10(12)2)19(3)8-11-5-13(15)20-9-11/h5,7,9,16H,4,6,8H2,1-3H3. The van der Waals surface area contributed by atoms with Crippen molar-refractivity contribution in [3.05, 3.63) is 38.3 Å². The largest absolute Gasteiger partial charge is 0.340 e. The smallest absolute Gasteiger partial charge is 0.225 e. The van der Waals surface area contributed by atoms with Crippen LogP contribution in [-0.2, 0) is 13.1 Å². The Kier molecular flexibility index (Phi) is 5.51. The summed E-state index contributed by atoms with van der Waals surface area (Å²) in [6.45, 7) is 6.72. The van der Waals surface area contributed by atoms with Crippen LogP contribution in [-0.4, -0.2) is 23.6 Å². The van der Waals surface area contributed by atoms with Crippen molar-refractivity contribution < 1.29 is 0 Å². The second kappa shape index (κ2) is 7.15. The predicted molar refractivity (Wildman–Crippen MR) is 88.3 cm³/mol. The Hall–Kier alpha value is -0.980. The molecule has 108 valence electrons. The maximum atomic E-state index is 4.60. The number of rotatable bonds is 6. The van der Waals surface area contributed by atoms with Crippen molar-refractivity contribution in [1.82, 2.24) is 15.3 Å². The highest BCUT2D eigenvalue weighted by atomic mass is 79.9. The quantitative estimate of drug-likeness (QED) is 0.863. The molecule has 0 atom stereocenters. The molecule has 0 fully saturated rings. The van der Waals surface area contributed by atoms with Gasteiger partial charge < -0.3 is 10.2 Å². The van der Waals surface area contributed by atoms with Gasteiger partial charge in [0.05, 0.1) is 3.79 Å². The summed E-state index contributed by atoms with van der Waals surface area (Å²) in [5.41, 5.74) is 3.46. The summed E-state index contributed by atoms with van der Waals surface area (Å²) >= 11 is 5.18. The normalized spacial score (nSPS) is 10.8. The van der Waals surface area contributed by atoms with E-state index in [1.165, 1.54) is 5.56 Å². The molecular formula is C14H19BrN4S. The van der Waals surface area contributed by atoms with Gasteiger partial charge in [0.2, 0.25) is 5.95 Å². The lowest BCUT2D eigenvalue weighted by atomic mass is 10.2. The van der Waals surface area contributed by atoms with E-state index < -0.39 is 0 Å². The average Bonchev–Trinajstić information content (AvgIpc) is 2.82. The van der Waals surface area contributed by atoms with Crippen LogP contribution in [0.25, 0.3) is 0 Å². The molecule has 2 aromatic rings. The van der Waals surface area contributed by atoms with E-state index in [0.717, 1.165) is 40.6 Å². The first-order valence-electron chi connectivity index (χ1n) is 6.57. The number of aryl methyl sites for hydroxylation is 1. The molecule has 0 unspecified atom stereocenters. The van der Waals surface area contributed by atoms with Crippen LogP contribution < -0.4 is 10.2 Å². The van der Waals surface area contributed by atoms with Crippen LogP contribution in [0.15, 0.2) is 21.4 Å². The Labute approximate surface area is 132 Å². The molecule has 2 rings (SSSR count). The molecule has 0 spiro atoms.